The van der Waals surface area contributed by atoms with Crippen LogP contribution in [0.5, 0.6) is 0 Å². The first kappa shape index (κ1) is 17.5. The maximum atomic E-state index is 12.4. The molecular weight excluding hydrogens is 382 g/mol. The summed E-state index contributed by atoms with van der Waals surface area (Å²) in [6, 6.07) is 3.77. The predicted molar refractivity (Wildman–Crippen MR) is 103 cm³/mol. The Morgan fingerprint density at radius 3 is 2.71 bits per heavy atom. The normalized spacial score (nSPS) is 11.2. The van der Waals surface area contributed by atoms with Crippen molar-refractivity contribution < 1.29 is 4.79 Å². The third-order valence-electron chi connectivity index (χ3n) is 3.28. The number of nitrogens with one attached hydrogen (secondary N) is 1. The van der Waals surface area contributed by atoms with Crippen molar-refractivity contribution in [1.82, 2.24) is 15.3 Å². The van der Waals surface area contributed by atoms with Gasteiger partial charge in [0.15, 0.2) is 0 Å². The second kappa shape index (κ2) is 7.31. The Balaban J connectivity index is 1.69. The number of amides is 1. The SMILES string of the molecule is Cc1nc(-c2ccc(Cl)s2)sc1C(=O)NCc1csc(C(C)C)n1. The minimum atomic E-state index is -0.113. The molecular formula is C16H16ClN3OS3. The van der Waals surface area contributed by atoms with Crippen LogP contribution in [0.4, 0.5) is 0 Å². The van der Waals surface area contributed by atoms with Crippen LogP contribution in [0.25, 0.3) is 9.88 Å². The lowest BCUT2D eigenvalue weighted by molar-refractivity contribution is 0.0953. The number of thiazole rings is 2. The zero-order valence-corrected chi connectivity index (χ0v) is 16.6. The minimum Gasteiger partial charge on any atom is -0.346 e. The van der Waals surface area contributed by atoms with Gasteiger partial charge in [0, 0.05) is 11.3 Å². The summed E-state index contributed by atoms with van der Waals surface area (Å²) in [4.78, 5) is 23.1. The summed E-state index contributed by atoms with van der Waals surface area (Å²) in [7, 11) is 0. The van der Waals surface area contributed by atoms with Crippen molar-refractivity contribution in [2.24, 2.45) is 0 Å². The second-order valence-electron chi connectivity index (χ2n) is 5.55. The summed E-state index contributed by atoms with van der Waals surface area (Å²) in [6.45, 7) is 6.50. The smallest absolute Gasteiger partial charge is 0.263 e. The van der Waals surface area contributed by atoms with Crippen molar-refractivity contribution in [1.29, 1.82) is 0 Å². The maximum Gasteiger partial charge on any atom is 0.263 e. The summed E-state index contributed by atoms with van der Waals surface area (Å²) in [5.41, 5.74) is 1.63. The molecule has 0 saturated heterocycles. The lowest BCUT2D eigenvalue weighted by atomic mass is 10.2. The van der Waals surface area contributed by atoms with Crippen LogP contribution in [0.2, 0.25) is 4.34 Å². The Morgan fingerprint density at radius 2 is 2.08 bits per heavy atom. The van der Waals surface area contributed by atoms with Gasteiger partial charge >= 0.3 is 0 Å². The zero-order valence-electron chi connectivity index (χ0n) is 13.4. The van der Waals surface area contributed by atoms with Gasteiger partial charge in [-0.3, -0.25) is 4.79 Å². The van der Waals surface area contributed by atoms with E-state index in [-0.39, 0.29) is 5.91 Å². The molecule has 0 bridgehead atoms. The number of nitrogens with zero attached hydrogens (tertiary/aromatic N) is 2. The molecule has 0 spiro atoms. The van der Waals surface area contributed by atoms with Crippen LogP contribution in [0, 0.1) is 6.92 Å². The first-order valence-electron chi connectivity index (χ1n) is 7.39. The van der Waals surface area contributed by atoms with E-state index in [4.69, 9.17) is 11.6 Å². The number of aromatic nitrogens is 2. The molecule has 3 aromatic heterocycles. The van der Waals surface area contributed by atoms with Gasteiger partial charge in [-0.2, -0.15) is 0 Å². The van der Waals surface area contributed by atoms with Crippen molar-refractivity contribution in [2.45, 2.75) is 33.2 Å². The van der Waals surface area contributed by atoms with Gasteiger partial charge in [0.05, 0.1) is 32.2 Å². The molecule has 0 atom stereocenters. The molecule has 3 heterocycles. The van der Waals surface area contributed by atoms with Crippen LogP contribution in [0.3, 0.4) is 0 Å². The fourth-order valence-electron chi connectivity index (χ4n) is 2.06. The molecule has 0 aliphatic rings. The van der Waals surface area contributed by atoms with Gasteiger partial charge in [0.1, 0.15) is 9.88 Å². The van der Waals surface area contributed by atoms with E-state index in [2.05, 4.69) is 29.1 Å². The van der Waals surface area contributed by atoms with Crippen molar-refractivity contribution in [3.8, 4) is 9.88 Å². The van der Waals surface area contributed by atoms with E-state index in [0.29, 0.717) is 21.7 Å². The number of hydrogen-bond donors (Lipinski definition) is 1. The molecule has 24 heavy (non-hydrogen) atoms. The molecule has 1 amide bonds. The Labute approximate surface area is 157 Å². The number of rotatable bonds is 5. The summed E-state index contributed by atoms with van der Waals surface area (Å²) in [5.74, 6) is 0.293. The highest BCUT2D eigenvalue weighted by atomic mass is 35.5. The molecule has 4 nitrogen and oxygen atoms in total. The van der Waals surface area contributed by atoms with E-state index in [0.717, 1.165) is 26.3 Å². The lowest BCUT2D eigenvalue weighted by Crippen LogP contribution is -2.22. The second-order valence-corrected chi connectivity index (χ2v) is 9.16. The molecule has 0 aromatic carbocycles. The van der Waals surface area contributed by atoms with E-state index in [9.17, 15) is 4.79 Å². The number of aryl methyl sites for hydroxylation is 1. The van der Waals surface area contributed by atoms with Crippen LogP contribution in [0.1, 0.15) is 45.8 Å². The van der Waals surface area contributed by atoms with Gasteiger partial charge in [-0.25, -0.2) is 9.97 Å². The van der Waals surface area contributed by atoms with Gasteiger partial charge in [0.25, 0.3) is 5.91 Å². The number of carbonyl (C=O) groups excluding carboxylic acids is 1. The number of thiophene rings is 1. The van der Waals surface area contributed by atoms with E-state index in [1.165, 1.54) is 22.7 Å². The highest BCUT2D eigenvalue weighted by molar-refractivity contribution is 7.24. The first-order valence-corrected chi connectivity index (χ1v) is 10.3. The van der Waals surface area contributed by atoms with Crippen molar-refractivity contribution in [2.75, 3.05) is 0 Å². The first-order chi connectivity index (χ1) is 11.4. The number of carbonyl (C=O) groups is 1. The molecule has 0 aliphatic heterocycles. The Hall–Kier alpha value is -1.28. The average molecular weight is 398 g/mol. The fourth-order valence-corrected chi connectivity index (χ4v) is 4.98. The average Bonchev–Trinajstić information content (AvgIpc) is 3.24. The molecule has 0 fully saturated rings. The van der Waals surface area contributed by atoms with E-state index >= 15 is 0 Å². The molecule has 3 aromatic rings. The molecule has 3 rings (SSSR count). The molecule has 126 valence electrons. The zero-order chi connectivity index (χ0) is 17.3. The van der Waals surface area contributed by atoms with Crippen LogP contribution >= 0.6 is 45.6 Å². The van der Waals surface area contributed by atoms with Gasteiger partial charge in [0.2, 0.25) is 0 Å². The van der Waals surface area contributed by atoms with Gasteiger partial charge in [-0.15, -0.1) is 34.0 Å². The molecule has 0 unspecified atom stereocenters. The Morgan fingerprint density at radius 1 is 1.29 bits per heavy atom. The molecule has 0 saturated carbocycles. The Kier molecular flexibility index (Phi) is 5.34. The standard InChI is InChI=1S/C16H16ClN3OS3/c1-8(2)15-20-10(7-22-15)6-18-14(21)13-9(3)19-16(24-13)11-4-5-12(17)23-11/h4-5,7-8H,6H2,1-3H3,(H,18,21). The highest BCUT2D eigenvalue weighted by Gasteiger charge is 2.17. The summed E-state index contributed by atoms with van der Waals surface area (Å²) >= 11 is 10.5. The molecule has 0 aliphatic carbocycles. The van der Waals surface area contributed by atoms with Crippen LogP contribution < -0.4 is 5.32 Å². The molecule has 0 radical (unpaired) electrons. The van der Waals surface area contributed by atoms with Crippen molar-refractivity contribution in [3.05, 3.63) is 43.1 Å². The maximum absolute atomic E-state index is 12.4. The number of hydrogen-bond acceptors (Lipinski definition) is 6. The van der Waals surface area contributed by atoms with Crippen molar-refractivity contribution in [3.63, 3.8) is 0 Å². The third kappa shape index (κ3) is 3.85. The van der Waals surface area contributed by atoms with Gasteiger partial charge in [-0.05, 0) is 19.1 Å². The lowest BCUT2D eigenvalue weighted by Gasteiger charge is -2.02. The predicted octanol–water partition coefficient (Wildman–Crippen LogP) is 5.34. The Bertz CT molecular complexity index is 866. The number of halogens is 1. The fraction of sp³-hybridized carbons (Fsp3) is 0.312. The largest absolute Gasteiger partial charge is 0.346 e. The topological polar surface area (TPSA) is 54.9 Å². The molecule has 8 heteroatoms. The van der Waals surface area contributed by atoms with E-state index in [1.807, 2.05) is 24.4 Å². The molecule has 1 N–H and O–H groups in total. The summed E-state index contributed by atoms with van der Waals surface area (Å²) in [6.07, 6.45) is 0. The van der Waals surface area contributed by atoms with E-state index < -0.39 is 0 Å². The van der Waals surface area contributed by atoms with Crippen molar-refractivity contribution >= 4 is 51.5 Å². The van der Waals surface area contributed by atoms with E-state index in [1.54, 1.807) is 11.3 Å². The quantitative estimate of drug-likeness (QED) is 0.631. The van der Waals surface area contributed by atoms with Gasteiger partial charge in [-0.1, -0.05) is 25.4 Å². The highest BCUT2D eigenvalue weighted by Crippen LogP contribution is 2.34. The summed E-state index contributed by atoms with van der Waals surface area (Å²) < 4.78 is 0.716. The summed E-state index contributed by atoms with van der Waals surface area (Å²) in [5, 5.41) is 6.84. The minimum absolute atomic E-state index is 0.113. The van der Waals surface area contributed by atoms with Crippen LogP contribution in [0.15, 0.2) is 17.5 Å². The third-order valence-corrected chi connectivity index (χ3v) is 7.03. The van der Waals surface area contributed by atoms with Crippen LogP contribution in [-0.4, -0.2) is 15.9 Å². The van der Waals surface area contributed by atoms with Crippen LogP contribution in [-0.2, 0) is 6.54 Å². The monoisotopic (exact) mass is 397 g/mol. The van der Waals surface area contributed by atoms with Gasteiger partial charge < -0.3 is 5.32 Å².